The fraction of sp³-hybridized carbons (Fsp3) is 0.0500. The van der Waals surface area contributed by atoms with E-state index in [1.807, 2.05) is 0 Å². The highest BCUT2D eigenvalue weighted by Gasteiger charge is 2.15. The largest absolute Gasteiger partial charge is 0.322 e. The van der Waals surface area contributed by atoms with E-state index in [1.54, 1.807) is 17.5 Å². The van der Waals surface area contributed by atoms with Gasteiger partial charge in [-0.05, 0) is 29.8 Å². The zero-order chi connectivity index (χ0) is 20.5. The fourth-order valence-corrected chi connectivity index (χ4v) is 3.80. The van der Waals surface area contributed by atoms with Crippen molar-refractivity contribution in [3.63, 3.8) is 0 Å². The SMILES string of the molecule is O=C(Cn1cnc2c(-c3ccc(F)cc3)csc2c1=O)Nc1cc(F)ccc1F. The van der Waals surface area contributed by atoms with Crippen molar-refractivity contribution in [2.24, 2.45) is 0 Å². The van der Waals surface area contributed by atoms with E-state index < -0.39 is 29.6 Å². The number of anilines is 1. The van der Waals surface area contributed by atoms with Crippen molar-refractivity contribution in [3.8, 4) is 11.1 Å². The molecule has 2 aromatic carbocycles. The summed E-state index contributed by atoms with van der Waals surface area (Å²) in [6.45, 7) is -0.415. The minimum atomic E-state index is -0.789. The van der Waals surface area contributed by atoms with Gasteiger partial charge in [0.05, 0.1) is 17.5 Å². The molecular weight excluding hydrogens is 403 g/mol. The van der Waals surface area contributed by atoms with Crippen LogP contribution in [-0.4, -0.2) is 15.5 Å². The molecule has 0 aliphatic heterocycles. The zero-order valence-electron chi connectivity index (χ0n) is 14.7. The highest BCUT2D eigenvalue weighted by molar-refractivity contribution is 7.17. The van der Waals surface area contributed by atoms with Crippen LogP contribution in [0.3, 0.4) is 0 Å². The summed E-state index contributed by atoms with van der Waals surface area (Å²) in [4.78, 5) is 29.1. The minimum Gasteiger partial charge on any atom is -0.322 e. The van der Waals surface area contributed by atoms with Gasteiger partial charge < -0.3 is 5.32 Å². The van der Waals surface area contributed by atoms with Gasteiger partial charge in [-0.3, -0.25) is 14.2 Å². The standard InChI is InChI=1S/C20H12F3N3O2S/c21-12-3-1-11(2-4-12)14-9-29-19-18(14)24-10-26(20(19)28)8-17(27)25-16-7-13(22)5-6-15(16)23/h1-7,9-10H,8H2,(H,25,27). The first-order valence-electron chi connectivity index (χ1n) is 8.40. The fourth-order valence-electron chi connectivity index (χ4n) is 2.83. The van der Waals surface area contributed by atoms with Crippen LogP contribution < -0.4 is 10.9 Å². The average Bonchev–Trinajstić information content (AvgIpc) is 3.12. The average molecular weight is 415 g/mol. The first-order valence-corrected chi connectivity index (χ1v) is 9.28. The van der Waals surface area contributed by atoms with Crippen LogP contribution in [0.4, 0.5) is 18.9 Å². The molecule has 1 N–H and O–H groups in total. The van der Waals surface area contributed by atoms with Crippen LogP contribution in [0.5, 0.6) is 0 Å². The molecule has 4 rings (SSSR count). The van der Waals surface area contributed by atoms with Crippen LogP contribution in [0.25, 0.3) is 21.3 Å². The van der Waals surface area contributed by atoms with Gasteiger partial charge >= 0.3 is 0 Å². The zero-order valence-corrected chi connectivity index (χ0v) is 15.5. The molecular formula is C20H12F3N3O2S. The Hall–Kier alpha value is -3.46. The van der Waals surface area contributed by atoms with Crippen molar-refractivity contribution in [2.75, 3.05) is 5.32 Å². The monoisotopic (exact) mass is 415 g/mol. The van der Waals surface area contributed by atoms with Gasteiger partial charge in [0.1, 0.15) is 28.7 Å². The van der Waals surface area contributed by atoms with E-state index in [2.05, 4.69) is 10.3 Å². The third kappa shape index (κ3) is 3.77. The molecule has 2 heterocycles. The molecule has 146 valence electrons. The third-order valence-corrected chi connectivity index (χ3v) is 5.18. The molecule has 2 aromatic heterocycles. The van der Waals surface area contributed by atoms with E-state index in [9.17, 15) is 22.8 Å². The Kier molecular flexibility index (Phi) is 4.89. The Labute approximate surface area is 166 Å². The van der Waals surface area contributed by atoms with Crippen molar-refractivity contribution in [3.05, 3.63) is 82.0 Å². The van der Waals surface area contributed by atoms with Crippen molar-refractivity contribution in [2.45, 2.75) is 6.54 Å². The Morgan fingerprint density at radius 1 is 1.07 bits per heavy atom. The molecule has 0 saturated carbocycles. The molecule has 0 saturated heterocycles. The van der Waals surface area contributed by atoms with Gasteiger partial charge in [-0.25, -0.2) is 18.2 Å². The number of benzene rings is 2. The molecule has 1 amide bonds. The number of carbonyl (C=O) groups excluding carboxylic acids is 1. The summed E-state index contributed by atoms with van der Waals surface area (Å²) in [6.07, 6.45) is 1.21. The second-order valence-electron chi connectivity index (χ2n) is 6.18. The molecule has 0 aliphatic rings. The van der Waals surface area contributed by atoms with Crippen LogP contribution in [0, 0.1) is 17.5 Å². The van der Waals surface area contributed by atoms with Gasteiger partial charge in [0.25, 0.3) is 5.56 Å². The number of hydrogen-bond acceptors (Lipinski definition) is 4. The molecule has 5 nitrogen and oxygen atoms in total. The summed E-state index contributed by atoms with van der Waals surface area (Å²) in [5, 5.41) is 3.97. The Balaban J connectivity index is 1.61. The maximum atomic E-state index is 13.7. The molecule has 29 heavy (non-hydrogen) atoms. The molecule has 0 bridgehead atoms. The van der Waals surface area contributed by atoms with E-state index in [0.717, 1.165) is 34.1 Å². The summed E-state index contributed by atoms with van der Waals surface area (Å²) < 4.78 is 41.4. The number of aromatic nitrogens is 2. The maximum absolute atomic E-state index is 13.7. The summed E-state index contributed by atoms with van der Waals surface area (Å²) in [5.74, 6) is -2.56. The quantitative estimate of drug-likeness (QED) is 0.544. The van der Waals surface area contributed by atoms with Gasteiger partial charge in [-0.15, -0.1) is 11.3 Å². The molecule has 0 unspecified atom stereocenters. The van der Waals surface area contributed by atoms with Gasteiger partial charge in [0.2, 0.25) is 5.91 Å². The number of carbonyl (C=O) groups is 1. The van der Waals surface area contributed by atoms with Gasteiger partial charge in [-0.1, -0.05) is 12.1 Å². The van der Waals surface area contributed by atoms with E-state index in [-0.39, 0.29) is 11.5 Å². The molecule has 0 radical (unpaired) electrons. The smallest absolute Gasteiger partial charge is 0.271 e. The number of rotatable bonds is 4. The Bertz CT molecular complexity index is 1280. The number of thiophene rings is 1. The second kappa shape index (κ2) is 7.51. The molecule has 9 heteroatoms. The molecule has 0 spiro atoms. The molecule has 0 fully saturated rings. The van der Waals surface area contributed by atoms with Crippen LogP contribution >= 0.6 is 11.3 Å². The first-order chi connectivity index (χ1) is 13.9. The summed E-state index contributed by atoms with van der Waals surface area (Å²) in [5.41, 5.74) is 1.08. The van der Waals surface area contributed by atoms with Gasteiger partial charge in [0, 0.05) is 17.0 Å². The van der Waals surface area contributed by atoms with Crippen molar-refractivity contribution >= 4 is 33.1 Å². The Morgan fingerprint density at radius 3 is 2.55 bits per heavy atom. The number of halogens is 3. The van der Waals surface area contributed by atoms with E-state index in [1.165, 1.54) is 18.5 Å². The van der Waals surface area contributed by atoms with Gasteiger partial charge in [-0.2, -0.15) is 0 Å². The van der Waals surface area contributed by atoms with Crippen LogP contribution in [0.2, 0.25) is 0 Å². The van der Waals surface area contributed by atoms with E-state index in [0.29, 0.717) is 21.3 Å². The van der Waals surface area contributed by atoms with Crippen LogP contribution in [0.15, 0.2) is 59.0 Å². The first kappa shape index (κ1) is 18.9. The lowest BCUT2D eigenvalue weighted by Crippen LogP contribution is -2.27. The maximum Gasteiger partial charge on any atom is 0.271 e. The number of amides is 1. The summed E-state index contributed by atoms with van der Waals surface area (Å²) >= 11 is 1.16. The number of nitrogens with zero attached hydrogens (tertiary/aromatic N) is 2. The van der Waals surface area contributed by atoms with Crippen molar-refractivity contribution in [1.29, 1.82) is 0 Å². The van der Waals surface area contributed by atoms with E-state index in [4.69, 9.17) is 0 Å². The lowest BCUT2D eigenvalue weighted by Gasteiger charge is -2.08. The second-order valence-corrected chi connectivity index (χ2v) is 7.06. The highest BCUT2D eigenvalue weighted by atomic mass is 32.1. The van der Waals surface area contributed by atoms with Crippen LogP contribution in [-0.2, 0) is 11.3 Å². The van der Waals surface area contributed by atoms with Gasteiger partial charge in [0.15, 0.2) is 0 Å². The molecule has 4 aromatic rings. The Morgan fingerprint density at radius 2 is 1.79 bits per heavy atom. The minimum absolute atomic E-state index is 0.313. The van der Waals surface area contributed by atoms with Crippen molar-refractivity contribution in [1.82, 2.24) is 9.55 Å². The van der Waals surface area contributed by atoms with Crippen LogP contribution in [0.1, 0.15) is 0 Å². The highest BCUT2D eigenvalue weighted by Crippen LogP contribution is 2.30. The number of nitrogens with one attached hydrogen (secondary N) is 1. The predicted octanol–water partition coefficient (Wildman–Crippen LogP) is 4.18. The lowest BCUT2D eigenvalue weighted by atomic mass is 10.1. The topological polar surface area (TPSA) is 64.0 Å². The summed E-state index contributed by atoms with van der Waals surface area (Å²) in [6, 6.07) is 8.49. The molecule has 0 aliphatic carbocycles. The number of fused-ring (bicyclic) bond motifs is 1. The van der Waals surface area contributed by atoms with Crippen molar-refractivity contribution < 1.29 is 18.0 Å². The number of hydrogen-bond donors (Lipinski definition) is 1. The van der Waals surface area contributed by atoms with E-state index >= 15 is 0 Å². The normalized spacial score (nSPS) is 11.0. The lowest BCUT2D eigenvalue weighted by molar-refractivity contribution is -0.116. The summed E-state index contributed by atoms with van der Waals surface area (Å²) in [7, 11) is 0. The molecule has 0 atom stereocenters. The third-order valence-electron chi connectivity index (χ3n) is 4.22. The predicted molar refractivity (Wildman–Crippen MR) is 104 cm³/mol.